The lowest BCUT2D eigenvalue weighted by molar-refractivity contribution is -0.139. The molecule has 0 fully saturated rings. The van der Waals surface area contributed by atoms with Crippen LogP contribution >= 0.6 is 0 Å². The summed E-state index contributed by atoms with van der Waals surface area (Å²) in [6, 6.07) is 17.7. The first kappa shape index (κ1) is 29.8. The number of benzene rings is 3. The van der Waals surface area contributed by atoms with Gasteiger partial charge in [-0.15, -0.1) is 0 Å². The van der Waals surface area contributed by atoms with Crippen LogP contribution < -0.4 is 9.62 Å². The lowest BCUT2D eigenvalue weighted by atomic mass is 10.1. The van der Waals surface area contributed by atoms with Crippen molar-refractivity contribution in [1.29, 1.82) is 0 Å². The second-order valence-corrected chi connectivity index (χ2v) is 11.6. The number of aryl methyl sites for hydroxylation is 2. The Labute approximate surface area is 230 Å². The standard InChI is InChI=1S/C30H36FN3O4S/c1-6-23(4)32-30(36)24(5)33(19-25-13-15-26(31)16-14-25)29(35)20-34(27-17-12-21(2)22(3)18-27)39(37,38)28-10-8-7-9-11-28/h7-18,23-24H,6,19-20H2,1-5H3,(H,32,36)/t23-,24+/m1/s1. The zero-order chi connectivity index (χ0) is 28.7. The Morgan fingerprint density at radius 3 is 2.15 bits per heavy atom. The van der Waals surface area contributed by atoms with Gasteiger partial charge in [0.15, 0.2) is 0 Å². The molecule has 0 saturated carbocycles. The van der Waals surface area contributed by atoms with Crippen LogP contribution in [0.4, 0.5) is 10.1 Å². The molecule has 7 nitrogen and oxygen atoms in total. The maximum atomic E-state index is 13.9. The van der Waals surface area contributed by atoms with Crippen LogP contribution in [0.25, 0.3) is 0 Å². The van der Waals surface area contributed by atoms with Gasteiger partial charge in [0.25, 0.3) is 10.0 Å². The van der Waals surface area contributed by atoms with Gasteiger partial charge in [-0.2, -0.15) is 0 Å². The average molecular weight is 554 g/mol. The van der Waals surface area contributed by atoms with Gasteiger partial charge in [-0.3, -0.25) is 13.9 Å². The molecule has 3 aromatic rings. The molecule has 2 amide bonds. The largest absolute Gasteiger partial charge is 0.352 e. The molecule has 0 aromatic heterocycles. The number of nitrogens with one attached hydrogen (secondary N) is 1. The van der Waals surface area contributed by atoms with E-state index < -0.39 is 34.3 Å². The van der Waals surface area contributed by atoms with Crippen molar-refractivity contribution in [3.05, 3.63) is 95.3 Å². The zero-order valence-electron chi connectivity index (χ0n) is 23.0. The number of halogens is 1. The smallest absolute Gasteiger partial charge is 0.264 e. The van der Waals surface area contributed by atoms with Crippen LogP contribution in [-0.4, -0.2) is 43.8 Å². The first-order valence-corrected chi connectivity index (χ1v) is 14.4. The number of hydrogen-bond donors (Lipinski definition) is 1. The molecule has 1 N–H and O–H groups in total. The number of carbonyl (C=O) groups excluding carboxylic acids is 2. The summed E-state index contributed by atoms with van der Waals surface area (Å²) >= 11 is 0. The minimum absolute atomic E-state index is 0.000353. The van der Waals surface area contributed by atoms with E-state index in [1.54, 1.807) is 43.3 Å². The average Bonchev–Trinajstić information content (AvgIpc) is 2.92. The van der Waals surface area contributed by atoms with Crippen molar-refractivity contribution in [1.82, 2.24) is 10.2 Å². The molecule has 39 heavy (non-hydrogen) atoms. The highest BCUT2D eigenvalue weighted by Gasteiger charge is 2.32. The lowest BCUT2D eigenvalue weighted by Gasteiger charge is -2.32. The number of carbonyl (C=O) groups is 2. The lowest BCUT2D eigenvalue weighted by Crippen LogP contribution is -2.52. The number of hydrogen-bond acceptors (Lipinski definition) is 4. The first-order valence-electron chi connectivity index (χ1n) is 12.9. The minimum atomic E-state index is -4.12. The summed E-state index contributed by atoms with van der Waals surface area (Å²) in [5.41, 5.74) is 2.80. The fourth-order valence-electron chi connectivity index (χ4n) is 3.96. The Kier molecular flexibility index (Phi) is 9.86. The van der Waals surface area contributed by atoms with Crippen molar-refractivity contribution >= 4 is 27.5 Å². The summed E-state index contributed by atoms with van der Waals surface area (Å²) in [5, 5.41) is 2.89. The molecular weight excluding hydrogens is 517 g/mol. The molecule has 0 radical (unpaired) electrons. The van der Waals surface area contributed by atoms with Crippen molar-refractivity contribution in [2.24, 2.45) is 0 Å². The van der Waals surface area contributed by atoms with E-state index in [2.05, 4.69) is 5.32 Å². The number of sulfonamides is 1. The fourth-order valence-corrected chi connectivity index (χ4v) is 5.39. The highest BCUT2D eigenvalue weighted by molar-refractivity contribution is 7.92. The van der Waals surface area contributed by atoms with Crippen LogP contribution in [0, 0.1) is 19.7 Å². The van der Waals surface area contributed by atoms with Crippen molar-refractivity contribution in [2.45, 2.75) is 64.6 Å². The number of rotatable bonds is 11. The highest BCUT2D eigenvalue weighted by atomic mass is 32.2. The van der Waals surface area contributed by atoms with Gasteiger partial charge in [-0.25, -0.2) is 12.8 Å². The zero-order valence-corrected chi connectivity index (χ0v) is 23.8. The third-order valence-electron chi connectivity index (χ3n) is 6.82. The topological polar surface area (TPSA) is 86.8 Å². The molecule has 0 unspecified atom stereocenters. The van der Waals surface area contributed by atoms with Crippen molar-refractivity contribution in [3.63, 3.8) is 0 Å². The molecule has 9 heteroatoms. The predicted molar refractivity (Wildman–Crippen MR) is 151 cm³/mol. The van der Waals surface area contributed by atoms with Crippen LogP contribution in [0.1, 0.15) is 43.9 Å². The van der Waals surface area contributed by atoms with E-state index in [4.69, 9.17) is 0 Å². The quantitative estimate of drug-likeness (QED) is 0.363. The van der Waals surface area contributed by atoms with Gasteiger partial charge in [0.05, 0.1) is 10.6 Å². The van der Waals surface area contributed by atoms with E-state index in [1.807, 2.05) is 27.7 Å². The van der Waals surface area contributed by atoms with Gasteiger partial charge < -0.3 is 10.2 Å². The Balaban J connectivity index is 2.03. The molecule has 2 atom stereocenters. The van der Waals surface area contributed by atoms with Crippen LogP contribution in [0.5, 0.6) is 0 Å². The molecule has 0 aliphatic carbocycles. The number of amides is 2. The van der Waals surface area contributed by atoms with Gasteiger partial charge in [0.2, 0.25) is 11.8 Å². The molecule has 0 spiro atoms. The summed E-state index contributed by atoms with van der Waals surface area (Å²) in [7, 11) is -4.12. The third kappa shape index (κ3) is 7.44. The third-order valence-corrected chi connectivity index (χ3v) is 8.61. The summed E-state index contributed by atoms with van der Waals surface area (Å²) in [5.74, 6) is -1.35. The Morgan fingerprint density at radius 2 is 1.56 bits per heavy atom. The van der Waals surface area contributed by atoms with Gasteiger partial charge >= 0.3 is 0 Å². The maximum Gasteiger partial charge on any atom is 0.264 e. The summed E-state index contributed by atoms with van der Waals surface area (Å²) in [4.78, 5) is 28.3. The van der Waals surface area contributed by atoms with Gasteiger partial charge in [-0.05, 0) is 87.2 Å². The minimum Gasteiger partial charge on any atom is -0.352 e. The normalized spacial score (nSPS) is 12.9. The van der Waals surface area contributed by atoms with E-state index in [0.29, 0.717) is 17.7 Å². The van der Waals surface area contributed by atoms with E-state index in [9.17, 15) is 22.4 Å². The molecule has 0 heterocycles. The van der Waals surface area contributed by atoms with Crippen molar-refractivity contribution in [2.75, 3.05) is 10.8 Å². The molecule has 0 aliphatic rings. The first-order chi connectivity index (χ1) is 18.4. The maximum absolute atomic E-state index is 13.9. The second kappa shape index (κ2) is 12.9. The summed E-state index contributed by atoms with van der Waals surface area (Å²) in [6.45, 7) is 8.67. The molecule has 0 saturated heterocycles. The van der Waals surface area contributed by atoms with Gasteiger partial charge in [-0.1, -0.05) is 43.3 Å². The Morgan fingerprint density at radius 1 is 0.923 bits per heavy atom. The molecule has 3 rings (SSSR count). The van der Waals surface area contributed by atoms with Crippen LogP contribution in [0.2, 0.25) is 0 Å². The van der Waals surface area contributed by atoms with Crippen LogP contribution in [0.3, 0.4) is 0 Å². The Hall–Kier alpha value is -3.72. The summed E-state index contributed by atoms with van der Waals surface area (Å²) < 4.78 is 42.2. The number of nitrogens with zero attached hydrogens (tertiary/aromatic N) is 2. The SMILES string of the molecule is CC[C@@H](C)NC(=O)[C@H](C)N(Cc1ccc(F)cc1)C(=O)CN(c1ccc(C)c(C)c1)S(=O)(=O)c1ccccc1. The highest BCUT2D eigenvalue weighted by Crippen LogP contribution is 2.26. The second-order valence-electron chi connectivity index (χ2n) is 9.74. The Bertz CT molecular complexity index is 1400. The van der Waals surface area contributed by atoms with E-state index in [1.165, 1.54) is 41.3 Å². The van der Waals surface area contributed by atoms with Crippen molar-refractivity contribution in [3.8, 4) is 0 Å². The molecule has 0 aliphatic heterocycles. The van der Waals surface area contributed by atoms with Crippen LogP contribution in [-0.2, 0) is 26.2 Å². The summed E-state index contributed by atoms with van der Waals surface area (Å²) in [6.07, 6.45) is 0.709. The molecule has 3 aromatic carbocycles. The van der Waals surface area contributed by atoms with Crippen LogP contribution in [0.15, 0.2) is 77.7 Å². The van der Waals surface area contributed by atoms with E-state index in [0.717, 1.165) is 15.4 Å². The molecule has 0 bridgehead atoms. The van der Waals surface area contributed by atoms with E-state index in [-0.39, 0.29) is 23.4 Å². The van der Waals surface area contributed by atoms with E-state index >= 15 is 0 Å². The van der Waals surface area contributed by atoms with Crippen molar-refractivity contribution < 1.29 is 22.4 Å². The molecular formula is C30H36FN3O4S. The van der Waals surface area contributed by atoms with Gasteiger partial charge in [0.1, 0.15) is 18.4 Å². The fraction of sp³-hybridized carbons (Fsp3) is 0.333. The molecule has 208 valence electrons. The van der Waals surface area contributed by atoms with Gasteiger partial charge in [0, 0.05) is 12.6 Å². The predicted octanol–water partition coefficient (Wildman–Crippen LogP) is 4.97. The monoisotopic (exact) mass is 553 g/mol. The number of anilines is 1.